The Morgan fingerprint density at radius 2 is 2.08 bits per heavy atom. The van der Waals surface area contributed by atoms with Crippen molar-refractivity contribution in [3.8, 4) is 11.5 Å². The number of rotatable bonds is 11. The van der Waals surface area contributed by atoms with Crippen LogP contribution in [0.2, 0.25) is 10.2 Å². The second kappa shape index (κ2) is 12.6. The molecular formula is C24H30Cl2N6O5S. The van der Waals surface area contributed by atoms with Crippen molar-refractivity contribution in [3.63, 3.8) is 0 Å². The molecule has 4 heterocycles. The predicted molar refractivity (Wildman–Crippen MR) is 145 cm³/mol. The lowest BCUT2D eigenvalue weighted by Gasteiger charge is -2.37. The van der Waals surface area contributed by atoms with E-state index in [2.05, 4.69) is 20.0 Å². The van der Waals surface area contributed by atoms with Crippen molar-refractivity contribution in [2.24, 2.45) is 5.92 Å². The number of ketones is 1. The zero-order valence-electron chi connectivity index (χ0n) is 21.6. The number of aromatic amines is 1. The van der Waals surface area contributed by atoms with E-state index in [1.807, 2.05) is 0 Å². The zero-order chi connectivity index (χ0) is 27.4. The van der Waals surface area contributed by atoms with Crippen LogP contribution in [0.1, 0.15) is 45.5 Å². The maximum Gasteiger partial charge on any atom is 0.350 e. The van der Waals surface area contributed by atoms with Gasteiger partial charge in [-0.1, -0.05) is 34.5 Å². The van der Waals surface area contributed by atoms with Crippen molar-refractivity contribution in [1.82, 2.24) is 24.7 Å². The number of aromatic nitrogens is 5. The molecule has 0 bridgehead atoms. The number of nitrogens with zero attached hydrogens (tertiary/aromatic N) is 5. The highest BCUT2D eigenvalue weighted by atomic mass is 35.5. The van der Waals surface area contributed by atoms with Crippen LogP contribution >= 0.6 is 34.5 Å². The van der Waals surface area contributed by atoms with E-state index in [4.69, 9.17) is 42.4 Å². The fourth-order valence-corrected chi connectivity index (χ4v) is 5.91. The van der Waals surface area contributed by atoms with Crippen LogP contribution in [0.3, 0.4) is 0 Å². The van der Waals surface area contributed by atoms with E-state index >= 15 is 0 Å². The third-order valence-electron chi connectivity index (χ3n) is 6.52. The molecule has 0 spiro atoms. The summed E-state index contributed by atoms with van der Waals surface area (Å²) in [6.45, 7) is 5.78. The molecule has 3 aromatic rings. The fourth-order valence-electron chi connectivity index (χ4n) is 4.43. The largest absolute Gasteiger partial charge is 0.462 e. The maximum atomic E-state index is 13.0. The van der Waals surface area contributed by atoms with E-state index in [9.17, 15) is 9.59 Å². The molecule has 0 aliphatic carbocycles. The Morgan fingerprint density at radius 1 is 1.29 bits per heavy atom. The van der Waals surface area contributed by atoms with Crippen LogP contribution in [0.15, 0.2) is 6.33 Å². The van der Waals surface area contributed by atoms with Crippen molar-refractivity contribution >= 4 is 51.4 Å². The first-order valence-corrected chi connectivity index (χ1v) is 13.8. The van der Waals surface area contributed by atoms with E-state index < -0.39 is 5.97 Å². The number of methoxy groups -OCH3 is 2. The number of halogens is 2. The number of H-pyrrole nitrogens is 1. The Kier molecular flexibility index (Phi) is 9.42. The topological polar surface area (TPSA) is 124 Å². The number of nitrogens with one attached hydrogen (secondary N) is 1. The Bertz CT molecular complexity index is 1290. The lowest BCUT2D eigenvalue weighted by atomic mass is 9.88. The molecule has 0 aromatic carbocycles. The number of Topliss-reactive ketones (excluding diaryl/α,β-unsaturated/α-hetero) is 1. The molecule has 206 valence electrons. The van der Waals surface area contributed by atoms with Gasteiger partial charge in [-0.3, -0.25) is 4.79 Å². The van der Waals surface area contributed by atoms with Gasteiger partial charge in [0, 0.05) is 39.3 Å². The molecule has 1 saturated heterocycles. The van der Waals surface area contributed by atoms with Gasteiger partial charge < -0.3 is 24.1 Å². The normalized spacial score (nSPS) is 17.7. The Balaban J connectivity index is 1.55. The Hall–Kier alpha value is -2.51. The van der Waals surface area contributed by atoms with Crippen molar-refractivity contribution in [3.05, 3.63) is 32.6 Å². The molecule has 3 aromatic heterocycles. The molecule has 0 unspecified atom stereocenters. The summed E-state index contributed by atoms with van der Waals surface area (Å²) in [7, 11) is 3.23. The summed E-state index contributed by atoms with van der Waals surface area (Å²) in [6, 6.07) is 0. The standard InChI is InChI=1S/C24H30Cl2N6O5S/c1-5-37-23(34)20-19(22-27-12-28-32(22)8-9-35-3)30-24(38-20)31-7-6-14(16(11-31)36-4)10-15(33)18-17(25)13(2)21(26)29-18/h12,14,16,29H,5-11H2,1-4H3/t14-,16-/m0/s1. The summed E-state index contributed by atoms with van der Waals surface area (Å²) >= 11 is 13.7. The lowest BCUT2D eigenvalue weighted by Crippen LogP contribution is -2.45. The van der Waals surface area contributed by atoms with Gasteiger partial charge in [-0.2, -0.15) is 5.10 Å². The number of carbonyl (C=O) groups is 2. The summed E-state index contributed by atoms with van der Waals surface area (Å²) in [5, 5.41) is 5.62. The predicted octanol–water partition coefficient (Wildman–Crippen LogP) is 4.28. The second-order valence-electron chi connectivity index (χ2n) is 8.84. The minimum atomic E-state index is -0.465. The molecule has 4 rings (SSSR count). The number of carbonyl (C=O) groups excluding carboxylic acids is 2. The summed E-state index contributed by atoms with van der Waals surface area (Å²) < 4.78 is 17.9. The van der Waals surface area contributed by atoms with E-state index in [1.54, 1.807) is 32.7 Å². The zero-order valence-corrected chi connectivity index (χ0v) is 24.0. The number of anilines is 1. The van der Waals surface area contributed by atoms with Crippen molar-refractivity contribution in [1.29, 1.82) is 0 Å². The van der Waals surface area contributed by atoms with Gasteiger partial charge in [0.15, 0.2) is 16.7 Å². The van der Waals surface area contributed by atoms with Crippen LogP contribution in [-0.4, -0.2) is 83.1 Å². The average Bonchev–Trinajstić information content (AvgIpc) is 3.62. The smallest absolute Gasteiger partial charge is 0.350 e. The highest BCUT2D eigenvalue weighted by molar-refractivity contribution is 7.17. The summed E-state index contributed by atoms with van der Waals surface area (Å²) in [5.41, 5.74) is 1.40. The molecule has 11 nitrogen and oxygen atoms in total. The molecule has 2 atom stereocenters. The van der Waals surface area contributed by atoms with Crippen LogP contribution in [0.4, 0.5) is 5.13 Å². The van der Waals surface area contributed by atoms with Gasteiger partial charge in [-0.25, -0.2) is 19.4 Å². The van der Waals surface area contributed by atoms with Crippen LogP contribution in [0.25, 0.3) is 11.5 Å². The van der Waals surface area contributed by atoms with Crippen molar-refractivity contribution in [2.75, 3.05) is 45.4 Å². The fraction of sp³-hybridized carbons (Fsp3) is 0.542. The number of piperidine rings is 1. The third-order valence-corrected chi connectivity index (χ3v) is 8.47. The Morgan fingerprint density at radius 3 is 2.74 bits per heavy atom. The Labute approximate surface area is 234 Å². The van der Waals surface area contributed by atoms with E-state index in [0.717, 1.165) is 0 Å². The van der Waals surface area contributed by atoms with Crippen molar-refractivity contribution in [2.45, 2.75) is 39.3 Å². The quantitative estimate of drug-likeness (QED) is 0.259. The minimum Gasteiger partial charge on any atom is -0.462 e. The molecule has 0 radical (unpaired) electrons. The minimum absolute atomic E-state index is 0.0247. The number of ether oxygens (including phenoxy) is 3. The highest BCUT2D eigenvalue weighted by Crippen LogP contribution is 2.36. The molecule has 0 saturated carbocycles. The van der Waals surface area contributed by atoms with Gasteiger partial charge in [-0.05, 0) is 26.2 Å². The molecule has 0 amide bonds. The average molecular weight is 586 g/mol. The summed E-state index contributed by atoms with van der Waals surface area (Å²) in [4.78, 5) is 40.3. The highest BCUT2D eigenvalue weighted by Gasteiger charge is 2.35. The van der Waals surface area contributed by atoms with Gasteiger partial charge in [0.2, 0.25) is 0 Å². The monoisotopic (exact) mass is 584 g/mol. The first-order valence-electron chi connectivity index (χ1n) is 12.2. The lowest BCUT2D eigenvalue weighted by molar-refractivity contribution is 0.0375. The summed E-state index contributed by atoms with van der Waals surface area (Å²) in [5.74, 6) is -0.133. The SMILES string of the molecule is CCOC(=O)c1sc(N2CC[C@@H](CC(=O)c3[nH]c(Cl)c(C)c3Cl)[C@@H](OC)C2)nc1-c1ncnn1CCOC. The molecule has 1 aliphatic heterocycles. The van der Waals surface area contributed by atoms with Gasteiger partial charge >= 0.3 is 5.97 Å². The van der Waals surface area contributed by atoms with Gasteiger partial charge in [0.25, 0.3) is 0 Å². The van der Waals surface area contributed by atoms with Crippen molar-refractivity contribution < 1.29 is 23.8 Å². The number of hydrogen-bond donors (Lipinski definition) is 1. The first kappa shape index (κ1) is 28.5. The van der Waals surface area contributed by atoms with Crippen LogP contribution in [-0.2, 0) is 20.8 Å². The second-order valence-corrected chi connectivity index (χ2v) is 10.6. The number of hydrogen-bond acceptors (Lipinski definition) is 10. The summed E-state index contributed by atoms with van der Waals surface area (Å²) in [6.07, 6.45) is 2.14. The number of esters is 1. The van der Waals surface area contributed by atoms with E-state index in [0.29, 0.717) is 75.6 Å². The molecule has 1 fully saturated rings. The number of thiazole rings is 1. The third kappa shape index (κ3) is 5.89. The van der Waals surface area contributed by atoms with Crippen LogP contribution < -0.4 is 4.90 Å². The molecule has 1 aliphatic rings. The van der Waals surface area contributed by atoms with Gasteiger partial charge in [-0.15, -0.1) is 0 Å². The van der Waals surface area contributed by atoms with E-state index in [-0.39, 0.29) is 30.8 Å². The molecule has 1 N–H and O–H groups in total. The molecular weight excluding hydrogens is 555 g/mol. The first-order chi connectivity index (χ1) is 18.3. The van der Waals surface area contributed by atoms with E-state index in [1.165, 1.54) is 17.7 Å². The van der Waals surface area contributed by atoms with Crippen LogP contribution in [0.5, 0.6) is 0 Å². The molecule has 14 heteroatoms. The van der Waals surface area contributed by atoms with Gasteiger partial charge in [0.05, 0.1) is 30.9 Å². The van der Waals surface area contributed by atoms with Crippen LogP contribution in [0, 0.1) is 12.8 Å². The molecule has 38 heavy (non-hydrogen) atoms. The van der Waals surface area contributed by atoms with Gasteiger partial charge in [0.1, 0.15) is 27.7 Å². The maximum absolute atomic E-state index is 13.0.